The van der Waals surface area contributed by atoms with Crippen molar-refractivity contribution in [2.24, 2.45) is 5.16 Å². The number of hydrazine groups is 1. The molecule has 16 heavy (non-hydrogen) atoms. The van der Waals surface area contributed by atoms with Crippen LogP contribution >= 0.6 is 0 Å². The molecule has 0 saturated carbocycles. The van der Waals surface area contributed by atoms with Crippen LogP contribution in [0.5, 0.6) is 0 Å². The zero-order chi connectivity index (χ0) is 12.2. The summed E-state index contributed by atoms with van der Waals surface area (Å²) < 4.78 is 5.13. The molecule has 0 aliphatic carbocycles. The van der Waals surface area contributed by atoms with E-state index >= 15 is 0 Å². The van der Waals surface area contributed by atoms with E-state index in [9.17, 15) is 4.79 Å². The summed E-state index contributed by atoms with van der Waals surface area (Å²) in [6.07, 6.45) is 2.74. The van der Waals surface area contributed by atoms with Gasteiger partial charge in [0.25, 0.3) is 0 Å². The smallest absolute Gasteiger partial charge is 0.422 e. The summed E-state index contributed by atoms with van der Waals surface area (Å²) in [5, 5.41) is 13.2. The monoisotopic (exact) mass is 229 g/mol. The summed E-state index contributed by atoms with van der Waals surface area (Å²) in [5.74, 6) is 0. The van der Waals surface area contributed by atoms with Crippen molar-refractivity contribution in [3.8, 4) is 0 Å². The molecule has 1 atom stereocenters. The lowest BCUT2D eigenvalue weighted by Gasteiger charge is -2.25. The summed E-state index contributed by atoms with van der Waals surface area (Å²) in [5.41, 5.74) is 2.13. The van der Waals surface area contributed by atoms with Crippen LogP contribution < -0.4 is 5.43 Å². The lowest BCUT2D eigenvalue weighted by molar-refractivity contribution is 0.0343. The minimum Gasteiger partial charge on any atom is -0.443 e. The van der Waals surface area contributed by atoms with Crippen molar-refractivity contribution in [2.75, 3.05) is 6.54 Å². The van der Waals surface area contributed by atoms with Crippen LogP contribution in [-0.2, 0) is 4.74 Å². The Morgan fingerprint density at radius 2 is 2.31 bits per heavy atom. The summed E-state index contributed by atoms with van der Waals surface area (Å²) >= 11 is 0. The topological polar surface area (TPSA) is 74.2 Å². The third-order valence-corrected chi connectivity index (χ3v) is 2.17. The third-order valence-electron chi connectivity index (χ3n) is 2.17. The average molecular weight is 229 g/mol. The molecule has 0 aromatic carbocycles. The Bertz CT molecular complexity index is 273. The molecular formula is C10H19N3O3. The highest BCUT2D eigenvalue weighted by atomic mass is 16.6. The van der Waals surface area contributed by atoms with E-state index < -0.39 is 11.7 Å². The molecule has 0 bridgehead atoms. The number of oxime groups is 1. The number of carbonyl (C=O) groups excluding carboxylic acids is 1. The molecule has 0 spiro atoms. The Hall–Kier alpha value is -1.30. The number of amides is 1. The van der Waals surface area contributed by atoms with Gasteiger partial charge >= 0.3 is 6.09 Å². The van der Waals surface area contributed by atoms with Crippen molar-refractivity contribution in [1.29, 1.82) is 0 Å². The Balaban J connectivity index is 2.44. The molecule has 1 fully saturated rings. The highest BCUT2D eigenvalue weighted by molar-refractivity contribution is 5.69. The minimum absolute atomic E-state index is 0.0579. The highest BCUT2D eigenvalue weighted by Crippen LogP contribution is 2.14. The van der Waals surface area contributed by atoms with Crippen molar-refractivity contribution in [3.63, 3.8) is 0 Å². The zero-order valence-corrected chi connectivity index (χ0v) is 9.93. The van der Waals surface area contributed by atoms with Crippen molar-refractivity contribution in [2.45, 2.75) is 45.3 Å². The molecule has 1 saturated heterocycles. The van der Waals surface area contributed by atoms with Gasteiger partial charge in [-0.2, -0.15) is 0 Å². The Morgan fingerprint density at radius 3 is 2.88 bits per heavy atom. The van der Waals surface area contributed by atoms with Gasteiger partial charge in [-0.25, -0.2) is 9.80 Å². The zero-order valence-electron chi connectivity index (χ0n) is 9.93. The number of ether oxygens (including phenoxy) is 1. The fraction of sp³-hybridized carbons (Fsp3) is 0.800. The first kappa shape index (κ1) is 12.8. The number of nitrogens with one attached hydrogen (secondary N) is 1. The van der Waals surface area contributed by atoms with Gasteiger partial charge in [0.05, 0.1) is 12.3 Å². The van der Waals surface area contributed by atoms with Gasteiger partial charge < -0.3 is 9.94 Å². The number of carbonyl (C=O) groups is 1. The maximum absolute atomic E-state index is 11.5. The van der Waals surface area contributed by atoms with E-state index in [0.29, 0.717) is 0 Å². The maximum atomic E-state index is 11.5. The summed E-state index contributed by atoms with van der Waals surface area (Å²) in [4.78, 5) is 11.5. The summed E-state index contributed by atoms with van der Waals surface area (Å²) in [6, 6.07) is -0.0579. The first-order chi connectivity index (χ1) is 7.42. The molecule has 0 aromatic rings. The van der Waals surface area contributed by atoms with E-state index in [1.807, 2.05) is 20.8 Å². The third kappa shape index (κ3) is 4.06. The van der Waals surface area contributed by atoms with Crippen molar-refractivity contribution < 1.29 is 14.7 Å². The molecule has 1 amide bonds. The number of hydrogen-bond acceptors (Lipinski definition) is 5. The largest absolute Gasteiger partial charge is 0.443 e. The van der Waals surface area contributed by atoms with Crippen LogP contribution in [0.4, 0.5) is 4.79 Å². The van der Waals surface area contributed by atoms with Gasteiger partial charge in [-0.15, -0.1) is 5.16 Å². The number of nitrogens with zero attached hydrogens (tertiary/aromatic N) is 2. The second-order valence-corrected chi connectivity index (χ2v) is 4.78. The lowest BCUT2D eigenvalue weighted by atomic mass is 10.2. The van der Waals surface area contributed by atoms with Crippen LogP contribution in [0.1, 0.15) is 33.6 Å². The van der Waals surface area contributed by atoms with Gasteiger partial charge in [-0.1, -0.05) is 0 Å². The van der Waals surface area contributed by atoms with Gasteiger partial charge in [0, 0.05) is 6.54 Å². The molecule has 0 aromatic heterocycles. The predicted molar refractivity (Wildman–Crippen MR) is 59.4 cm³/mol. The molecule has 0 radical (unpaired) electrons. The fourth-order valence-corrected chi connectivity index (χ4v) is 1.58. The van der Waals surface area contributed by atoms with Crippen LogP contribution in [0, 0.1) is 0 Å². The standard InChI is InChI=1S/C10H19N3O3/c1-10(2,3)16-9(14)12-13-6-4-5-8(13)7-11-15/h7-8,15H,4-6H2,1-3H3,(H,12,14). The van der Waals surface area contributed by atoms with Crippen molar-refractivity contribution in [3.05, 3.63) is 0 Å². The molecule has 6 heteroatoms. The molecule has 1 unspecified atom stereocenters. The Morgan fingerprint density at radius 1 is 1.62 bits per heavy atom. The van der Waals surface area contributed by atoms with Gasteiger partial charge in [0.15, 0.2) is 0 Å². The van der Waals surface area contributed by atoms with Gasteiger partial charge in [0.2, 0.25) is 0 Å². The molecule has 92 valence electrons. The molecule has 2 N–H and O–H groups in total. The number of hydrogen-bond donors (Lipinski definition) is 2. The van der Waals surface area contributed by atoms with E-state index in [0.717, 1.165) is 19.4 Å². The SMILES string of the molecule is CC(C)(C)OC(=O)NN1CCCC1C=NO. The van der Waals surface area contributed by atoms with Crippen LogP contribution in [-0.4, -0.2) is 40.7 Å². The van der Waals surface area contributed by atoms with Crippen LogP contribution in [0.15, 0.2) is 5.16 Å². The predicted octanol–water partition coefficient (Wildman–Crippen LogP) is 1.35. The Kier molecular flexibility index (Phi) is 4.12. The molecule has 1 heterocycles. The Labute approximate surface area is 95.2 Å². The van der Waals surface area contributed by atoms with Crippen LogP contribution in [0.2, 0.25) is 0 Å². The van der Waals surface area contributed by atoms with Gasteiger partial charge in [-0.05, 0) is 33.6 Å². The molecule has 1 aliphatic rings. The second kappa shape index (κ2) is 5.16. The number of rotatable bonds is 2. The highest BCUT2D eigenvalue weighted by Gasteiger charge is 2.26. The van der Waals surface area contributed by atoms with E-state index in [2.05, 4.69) is 10.6 Å². The van der Waals surface area contributed by atoms with Crippen molar-refractivity contribution >= 4 is 12.3 Å². The first-order valence-electron chi connectivity index (χ1n) is 5.36. The fourth-order valence-electron chi connectivity index (χ4n) is 1.58. The van der Waals surface area contributed by atoms with E-state index in [-0.39, 0.29) is 6.04 Å². The average Bonchev–Trinajstić information content (AvgIpc) is 2.50. The summed E-state index contributed by atoms with van der Waals surface area (Å²) in [7, 11) is 0. The molecule has 1 aliphatic heterocycles. The van der Waals surface area contributed by atoms with Crippen molar-refractivity contribution in [1.82, 2.24) is 10.4 Å². The first-order valence-corrected chi connectivity index (χ1v) is 5.36. The van der Waals surface area contributed by atoms with E-state index in [1.165, 1.54) is 6.21 Å². The van der Waals surface area contributed by atoms with Gasteiger partial charge in [-0.3, -0.25) is 5.43 Å². The van der Waals surface area contributed by atoms with E-state index in [4.69, 9.17) is 9.94 Å². The van der Waals surface area contributed by atoms with Crippen LogP contribution in [0.3, 0.4) is 0 Å². The van der Waals surface area contributed by atoms with E-state index in [1.54, 1.807) is 5.01 Å². The van der Waals surface area contributed by atoms with Crippen LogP contribution in [0.25, 0.3) is 0 Å². The van der Waals surface area contributed by atoms with Gasteiger partial charge in [0.1, 0.15) is 5.60 Å². The molecule has 1 rings (SSSR count). The second-order valence-electron chi connectivity index (χ2n) is 4.78. The minimum atomic E-state index is -0.510. The molecule has 6 nitrogen and oxygen atoms in total. The quantitative estimate of drug-likeness (QED) is 0.426. The molecular weight excluding hydrogens is 210 g/mol. The lowest BCUT2D eigenvalue weighted by Crippen LogP contribution is -2.47. The maximum Gasteiger partial charge on any atom is 0.422 e. The summed E-state index contributed by atoms with van der Waals surface area (Å²) in [6.45, 7) is 6.16. The normalized spacial score (nSPS) is 22.6.